The molecule has 8 rings (SSSR count). The smallest absolute Gasteiger partial charge is 0.318 e. The third-order valence-electron chi connectivity index (χ3n) is 10.9. The Morgan fingerprint density at radius 3 is 2.56 bits per heavy atom. The van der Waals surface area contributed by atoms with Gasteiger partial charge in [-0.2, -0.15) is 15.2 Å². The predicted molar refractivity (Wildman–Crippen MR) is 177 cm³/mol. The molecule has 6 heterocycles. The lowest BCUT2D eigenvalue weighted by molar-refractivity contribution is -0.0483. The van der Waals surface area contributed by atoms with Gasteiger partial charge in [0.15, 0.2) is 0 Å². The van der Waals surface area contributed by atoms with Crippen LogP contribution in [0.15, 0.2) is 34.8 Å². The Balaban J connectivity index is 1.20. The summed E-state index contributed by atoms with van der Waals surface area (Å²) in [7, 11) is 0. The van der Waals surface area contributed by atoms with Crippen LogP contribution in [0.4, 0.5) is 19.0 Å². The van der Waals surface area contributed by atoms with Crippen molar-refractivity contribution >= 4 is 34.1 Å². The average molecular weight is 681 g/mol. The summed E-state index contributed by atoms with van der Waals surface area (Å²) in [5, 5.41) is 13.3. The summed E-state index contributed by atoms with van der Waals surface area (Å²) in [6.45, 7) is 8.30. The minimum Gasteiger partial charge on any atom is -0.463 e. The second-order valence-electron chi connectivity index (χ2n) is 14.2. The molecule has 3 saturated heterocycles. The van der Waals surface area contributed by atoms with Crippen LogP contribution in [0.1, 0.15) is 57.2 Å². The van der Waals surface area contributed by atoms with Crippen molar-refractivity contribution in [3.8, 4) is 12.1 Å². The maximum absolute atomic E-state index is 15.3. The highest BCUT2D eigenvalue weighted by Gasteiger charge is 2.47. The zero-order valence-corrected chi connectivity index (χ0v) is 27.8. The molecule has 6 atom stereocenters. The summed E-state index contributed by atoms with van der Waals surface area (Å²) in [6, 6.07) is 3.27. The first kappa shape index (κ1) is 31.9. The first-order valence-corrected chi connectivity index (χ1v) is 17.6. The quantitative estimate of drug-likeness (QED) is 0.398. The number of pyridine rings is 1. The third-order valence-corrected chi connectivity index (χ3v) is 12.1. The molecule has 6 aliphatic rings. The van der Waals surface area contributed by atoms with Crippen LogP contribution < -0.4 is 20.7 Å². The molecule has 48 heavy (non-hydrogen) atoms. The molecule has 2 bridgehead atoms. The van der Waals surface area contributed by atoms with Gasteiger partial charge in [-0.3, -0.25) is 9.88 Å². The maximum atomic E-state index is 15.3. The van der Waals surface area contributed by atoms with Crippen LogP contribution in [0.25, 0.3) is 16.5 Å². The molecule has 0 spiro atoms. The van der Waals surface area contributed by atoms with Crippen molar-refractivity contribution in [1.82, 2.24) is 25.2 Å². The second kappa shape index (κ2) is 12.2. The van der Waals surface area contributed by atoms with Gasteiger partial charge in [0, 0.05) is 61.3 Å². The maximum Gasteiger partial charge on any atom is 0.318 e. The van der Waals surface area contributed by atoms with Crippen LogP contribution in [-0.4, -0.2) is 88.7 Å². The van der Waals surface area contributed by atoms with Crippen molar-refractivity contribution in [2.75, 3.05) is 44.4 Å². The van der Waals surface area contributed by atoms with E-state index in [2.05, 4.69) is 45.0 Å². The van der Waals surface area contributed by atoms with Crippen molar-refractivity contribution in [2.24, 2.45) is 17.1 Å². The number of rotatable bonds is 8. The number of nitriles is 1. The molecule has 4 fully saturated rings. The van der Waals surface area contributed by atoms with Gasteiger partial charge in [-0.1, -0.05) is 17.8 Å². The molecule has 14 heteroatoms. The molecular formula is C34H39F3N8O2S. The van der Waals surface area contributed by atoms with Gasteiger partial charge in [0.05, 0.1) is 63.9 Å². The van der Waals surface area contributed by atoms with Gasteiger partial charge in [-0.05, 0) is 51.2 Å². The zero-order chi connectivity index (χ0) is 33.3. The van der Waals surface area contributed by atoms with Gasteiger partial charge >= 0.3 is 6.01 Å². The van der Waals surface area contributed by atoms with Crippen molar-refractivity contribution < 1.29 is 22.6 Å². The van der Waals surface area contributed by atoms with Gasteiger partial charge in [0.25, 0.3) is 6.43 Å². The molecule has 1 saturated carbocycles. The van der Waals surface area contributed by atoms with Crippen LogP contribution in [0.5, 0.6) is 6.01 Å². The van der Waals surface area contributed by atoms with E-state index < -0.39 is 23.4 Å². The van der Waals surface area contributed by atoms with E-state index in [1.807, 2.05) is 0 Å². The molecule has 0 amide bonds. The number of allylic oxidation sites excluding steroid dienone is 4. The Morgan fingerprint density at radius 2 is 1.90 bits per heavy atom. The molecule has 0 aromatic carbocycles. The van der Waals surface area contributed by atoms with Crippen LogP contribution in [0.3, 0.4) is 0 Å². The average Bonchev–Trinajstić information content (AvgIpc) is 3.64. The molecule has 4 unspecified atom stereocenters. The van der Waals surface area contributed by atoms with Crippen molar-refractivity contribution in [3.05, 3.63) is 46.0 Å². The predicted octanol–water partition coefficient (Wildman–Crippen LogP) is 4.85. The largest absolute Gasteiger partial charge is 0.463 e. The number of alkyl halides is 2. The summed E-state index contributed by atoms with van der Waals surface area (Å²) in [5.74, 6) is -0.785. The third kappa shape index (κ3) is 5.52. The van der Waals surface area contributed by atoms with E-state index in [0.717, 1.165) is 44.0 Å². The Morgan fingerprint density at radius 1 is 1.17 bits per heavy atom. The summed E-state index contributed by atoms with van der Waals surface area (Å²) in [5.41, 5.74) is 6.16. The highest BCUT2D eigenvalue weighted by molar-refractivity contribution is 8.04. The van der Waals surface area contributed by atoms with E-state index in [1.165, 1.54) is 18.3 Å². The number of anilines is 1. The number of thioether (sulfide) groups is 1. The zero-order valence-electron chi connectivity index (χ0n) is 27.0. The lowest BCUT2D eigenvalue weighted by Gasteiger charge is -2.40. The number of ether oxygens (including phenoxy) is 2. The van der Waals surface area contributed by atoms with Gasteiger partial charge in [0.1, 0.15) is 11.6 Å². The van der Waals surface area contributed by atoms with Crippen LogP contribution in [0, 0.1) is 22.7 Å². The van der Waals surface area contributed by atoms with Gasteiger partial charge in [-0.15, -0.1) is 0 Å². The Kier molecular flexibility index (Phi) is 8.09. The van der Waals surface area contributed by atoms with Crippen LogP contribution >= 0.6 is 11.8 Å². The minimum atomic E-state index is -2.97. The highest BCUT2D eigenvalue weighted by atomic mass is 32.2. The standard InChI is InChI=1S/C34H39F3N8O2S/c1-17-13-46-14-18(2)45(17)15-34(7-8-34)16-47-33-42-28-23(32(43-33)44-11-19-3-4-20(12-44)41-19)10-40-27(26(28)30(36)37)21-5-6-24(35)29-25(21)22(9-38)31(39)48-29/h5-6,10,17-20,25,29-30,41H,3-4,7-8,11-16,39H2,1-2H3/t17-,18-,19?,20?,25?,29?/m0/s1. The summed E-state index contributed by atoms with van der Waals surface area (Å²) in [6.07, 6.45) is 5.32. The van der Waals surface area contributed by atoms with Gasteiger partial charge in [0.2, 0.25) is 0 Å². The van der Waals surface area contributed by atoms with E-state index in [4.69, 9.17) is 20.2 Å². The first-order valence-electron chi connectivity index (χ1n) is 16.7. The molecule has 0 radical (unpaired) electrons. The van der Waals surface area contributed by atoms with E-state index in [0.29, 0.717) is 61.8 Å². The molecule has 2 aliphatic carbocycles. The van der Waals surface area contributed by atoms with E-state index >= 15 is 8.78 Å². The fraction of sp³-hybridized carbons (Fsp3) is 0.588. The number of morpholine rings is 1. The Labute approximate surface area is 281 Å². The SMILES string of the molecule is C[C@H]1COC[C@H](C)N1CC1(COc2nc(N3CC4CCC(C3)N4)c3cnc(C4=CC=C(F)C5SC(N)=C(C#N)C45)c(C(F)F)c3n2)CC1. The number of nitrogens with zero attached hydrogens (tertiary/aromatic N) is 6. The Hall–Kier alpha value is -3.38. The number of aromatic nitrogens is 3. The topological polar surface area (TPSA) is 125 Å². The van der Waals surface area contributed by atoms with Crippen molar-refractivity contribution in [1.29, 1.82) is 5.26 Å². The number of hydrogen-bond acceptors (Lipinski definition) is 11. The molecule has 2 aromatic heterocycles. The highest BCUT2D eigenvalue weighted by Crippen LogP contribution is 2.52. The number of piperazine rings is 1. The Bertz CT molecular complexity index is 1750. The molecule has 10 nitrogen and oxygen atoms in total. The van der Waals surface area contributed by atoms with Crippen molar-refractivity contribution in [3.63, 3.8) is 0 Å². The van der Waals surface area contributed by atoms with E-state index in [1.54, 1.807) is 0 Å². The number of halogens is 3. The molecule has 2 aromatic rings. The summed E-state index contributed by atoms with van der Waals surface area (Å²) >= 11 is 1.03. The minimum absolute atomic E-state index is 0.0239. The number of fused-ring (bicyclic) bond motifs is 4. The number of nitrogens with two attached hydrogens (primary N) is 1. The van der Waals surface area contributed by atoms with E-state index in [-0.39, 0.29) is 50.9 Å². The molecule has 4 aliphatic heterocycles. The lowest BCUT2D eigenvalue weighted by Crippen LogP contribution is -2.52. The normalized spacial score (nSPS) is 31.1. The molecule has 254 valence electrons. The van der Waals surface area contributed by atoms with Crippen LogP contribution in [-0.2, 0) is 4.74 Å². The van der Waals surface area contributed by atoms with E-state index in [9.17, 15) is 9.65 Å². The van der Waals surface area contributed by atoms with Crippen LogP contribution in [0.2, 0.25) is 0 Å². The second-order valence-corrected chi connectivity index (χ2v) is 15.4. The summed E-state index contributed by atoms with van der Waals surface area (Å²) < 4.78 is 57.7. The monoisotopic (exact) mass is 680 g/mol. The lowest BCUT2D eigenvalue weighted by atomic mass is 9.82. The molecule has 3 N–H and O–H groups in total. The number of nitrogens with one attached hydrogen (secondary N) is 1. The number of hydrogen-bond donors (Lipinski definition) is 2. The van der Waals surface area contributed by atoms with Gasteiger partial charge < -0.3 is 25.4 Å². The van der Waals surface area contributed by atoms with Crippen molar-refractivity contribution in [2.45, 2.75) is 75.4 Å². The molecular weight excluding hydrogens is 641 g/mol. The summed E-state index contributed by atoms with van der Waals surface area (Å²) in [4.78, 5) is 18.7. The van der Waals surface area contributed by atoms with Gasteiger partial charge in [-0.25, -0.2) is 13.2 Å². The first-order chi connectivity index (χ1) is 23.1. The fourth-order valence-electron chi connectivity index (χ4n) is 8.09. The fourth-order valence-corrected chi connectivity index (χ4v) is 9.27.